The number of aromatic nitrogens is 1. The molecule has 1 heterocycles. The number of fused-ring (bicyclic) bond motifs is 1. The molecular weight excluding hydrogens is 241 g/mol. The molecule has 2 nitrogen and oxygen atoms in total. The predicted octanol–water partition coefficient (Wildman–Crippen LogP) is 3.45. The van der Waals surface area contributed by atoms with Crippen molar-refractivity contribution in [1.82, 2.24) is 4.57 Å². The van der Waals surface area contributed by atoms with E-state index < -0.39 is 5.82 Å². The normalized spacial score (nSPS) is 11.4. The standard InChI is InChI=1S/C13H13ClFNO/c1-7(2)10-6-16(3)13(17)12-9(10)4-8(14)5-11(12)15/h4-7H,1-3H3. The predicted molar refractivity (Wildman–Crippen MR) is 68.2 cm³/mol. The molecule has 2 aromatic rings. The molecule has 0 saturated carbocycles. The van der Waals surface area contributed by atoms with Crippen LogP contribution in [0.15, 0.2) is 23.1 Å². The smallest absolute Gasteiger partial charge is 0.261 e. The number of pyridine rings is 1. The highest BCUT2D eigenvalue weighted by atomic mass is 35.5. The van der Waals surface area contributed by atoms with Crippen LogP contribution in [-0.4, -0.2) is 4.57 Å². The molecule has 0 radical (unpaired) electrons. The van der Waals surface area contributed by atoms with E-state index >= 15 is 0 Å². The van der Waals surface area contributed by atoms with Gasteiger partial charge in [0, 0.05) is 18.3 Å². The average Bonchev–Trinajstić information content (AvgIpc) is 2.21. The van der Waals surface area contributed by atoms with Gasteiger partial charge in [-0.3, -0.25) is 4.79 Å². The Kier molecular flexibility index (Phi) is 2.96. The number of hydrogen-bond acceptors (Lipinski definition) is 1. The van der Waals surface area contributed by atoms with E-state index in [0.29, 0.717) is 10.4 Å². The van der Waals surface area contributed by atoms with Crippen molar-refractivity contribution in [3.8, 4) is 0 Å². The van der Waals surface area contributed by atoms with Gasteiger partial charge in [-0.05, 0) is 29.0 Å². The Labute approximate surface area is 104 Å². The third-order valence-corrected chi connectivity index (χ3v) is 3.07. The van der Waals surface area contributed by atoms with Gasteiger partial charge >= 0.3 is 0 Å². The minimum atomic E-state index is -0.560. The molecule has 0 N–H and O–H groups in total. The summed E-state index contributed by atoms with van der Waals surface area (Å²) in [5.41, 5.74) is 0.585. The molecule has 0 atom stereocenters. The van der Waals surface area contributed by atoms with Crippen LogP contribution in [0, 0.1) is 5.82 Å². The molecular formula is C13H13ClFNO. The highest BCUT2D eigenvalue weighted by Gasteiger charge is 2.14. The first-order chi connectivity index (χ1) is 7.91. The van der Waals surface area contributed by atoms with Crippen LogP contribution in [0.1, 0.15) is 25.3 Å². The molecule has 4 heteroatoms. The third-order valence-electron chi connectivity index (χ3n) is 2.85. The van der Waals surface area contributed by atoms with Crippen molar-refractivity contribution in [2.45, 2.75) is 19.8 Å². The zero-order chi connectivity index (χ0) is 12.7. The molecule has 90 valence electrons. The van der Waals surface area contributed by atoms with E-state index in [1.165, 1.54) is 10.6 Å². The molecule has 0 spiro atoms. The van der Waals surface area contributed by atoms with E-state index in [1.54, 1.807) is 19.3 Å². The molecule has 2 rings (SSSR count). The topological polar surface area (TPSA) is 22.0 Å². The summed E-state index contributed by atoms with van der Waals surface area (Å²) in [5.74, 6) is -0.363. The van der Waals surface area contributed by atoms with E-state index in [4.69, 9.17) is 11.6 Å². The zero-order valence-corrected chi connectivity index (χ0v) is 10.7. The van der Waals surface area contributed by atoms with E-state index in [-0.39, 0.29) is 16.9 Å². The van der Waals surface area contributed by atoms with Gasteiger partial charge in [0.05, 0.1) is 5.39 Å². The molecule has 0 unspecified atom stereocenters. The van der Waals surface area contributed by atoms with Crippen LogP contribution in [-0.2, 0) is 7.05 Å². The molecule has 0 aliphatic rings. The monoisotopic (exact) mass is 253 g/mol. The van der Waals surface area contributed by atoms with Gasteiger partial charge in [-0.25, -0.2) is 4.39 Å². The summed E-state index contributed by atoms with van der Waals surface area (Å²) in [7, 11) is 1.63. The summed E-state index contributed by atoms with van der Waals surface area (Å²) in [6.07, 6.45) is 1.74. The fourth-order valence-corrected chi connectivity index (χ4v) is 2.20. The number of halogens is 2. The number of benzene rings is 1. The number of aryl methyl sites for hydroxylation is 1. The van der Waals surface area contributed by atoms with Gasteiger partial charge in [-0.2, -0.15) is 0 Å². The summed E-state index contributed by atoms with van der Waals surface area (Å²) in [6.45, 7) is 4.00. The van der Waals surface area contributed by atoms with Crippen molar-refractivity contribution in [3.63, 3.8) is 0 Å². The Bertz CT molecular complexity index is 646. The minimum Gasteiger partial charge on any atom is -0.318 e. The van der Waals surface area contributed by atoms with Crippen LogP contribution in [0.2, 0.25) is 5.02 Å². The van der Waals surface area contributed by atoms with Gasteiger partial charge in [0.25, 0.3) is 5.56 Å². The quantitative estimate of drug-likeness (QED) is 0.763. The second-order valence-corrected chi connectivity index (χ2v) is 4.90. The van der Waals surface area contributed by atoms with Crippen LogP contribution >= 0.6 is 11.6 Å². The third kappa shape index (κ3) is 1.95. The maximum absolute atomic E-state index is 13.8. The Balaban J connectivity index is 3.04. The van der Waals surface area contributed by atoms with Crippen molar-refractivity contribution < 1.29 is 4.39 Å². The van der Waals surface area contributed by atoms with E-state index in [1.807, 2.05) is 13.8 Å². The lowest BCUT2D eigenvalue weighted by molar-refractivity contribution is 0.636. The average molecular weight is 254 g/mol. The number of hydrogen-bond donors (Lipinski definition) is 0. The van der Waals surface area contributed by atoms with Gasteiger partial charge in [0.15, 0.2) is 0 Å². The fraction of sp³-hybridized carbons (Fsp3) is 0.308. The molecule has 17 heavy (non-hydrogen) atoms. The number of rotatable bonds is 1. The van der Waals surface area contributed by atoms with Crippen LogP contribution < -0.4 is 5.56 Å². The van der Waals surface area contributed by atoms with Crippen LogP contribution in [0.5, 0.6) is 0 Å². The fourth-order valence-electron chi connectivity index (χ4n) is 1.99. The van der Waals surface area contributed by atoms with Gasteiger partial charge in [-0.1, -0.05) is 25.4 Å². The van der Waals surface area contributed by atoms with Crippen molar-refractivity contribution in [3.05, 3.63) is 45.1 Å². The summed E-state index contributed by atoms with van der Waals surface area (Å²) in [5, 5.41) is 1.03. The Hall–Kier alpha value is -1.35. The van der Waals surface area contributed by atoms with Crippen molar-refractivity contribution in [2.24, 2.45) is 7.05 Å². The molecule has 0 amide bonds. The first-order valence-electron chi connectivity index (χ1n) is 5.40. The lowest BCUT2D eigenvalue weighted by Crippen LogP contribution is -2.19. The van der Waals surface area contributed by atoms with Gasteiger partial charge in [0.2, 0.25) is 0 Å². The summed E-state index contributed by atoms with van der Waals surface area (Å²) < 4.78 is 15.2. The van der Waals surface area contributed by atoms with Crippen molar-refractivity contribution >= 4 is 22.4 Å². The van der Waals surface area contributed by atoms with Gasteiger partial charge in [0.1, 0.15) is 5.82 Å². The largest absolute Gasteiger partial charge is 0.318 e. The number of nitrogens with zero attached hydrogens (tertiary/aromatic N) is 1. The van der Waals surface area contributed by atoms with Crippen molar-refractivity contribution in [1.29, 1.82) is 0 Å². The van der Waals surface area contributed by atoms with E-state index in [0.717, 1.165) is 5.56 Å². The molecule has 0 saturated heterocycles. The van der Waals surface area contributed by atoms with E-state index in [9.17, 15) is 9.18 Å². The second kappa shape index (κ2) is 4.15. The Morgan fingerprint density at radius 1 is 1.35 bits per heavy atom. The summed E-state index contributed by atoms with van der Waals surface area (Å²) in [6, 6.07) is 2.83. The molecule has 0 aliphatic heterocycles. The summed E-state index contributed by atoms with van der Waals surface area (Å²) >= 11 is 5.84. The van der Waals surface area contributed by atoms with Crippen LogP contribution in [0.4, 0.5) is 4.39 Å². The van der Waals surface area contributed by atoms with Crippen molar-refractivity contribution in [2.75, 3.05) is 0 Å². The molecule has 1 aromatic heterocycles. The Morgan fingerprint density at radius 2 is 2.00 bits per heavy atom. The first kappa shape index (κ1) is 12.1. The maximum Gasteiger partial charge on any atom is 0.261 e. The SMILES string of the molecule is CC(C)c1cn(C)c(=O)c2c(F)cc(Cl)cc12. The second-order valence-electron chi connectivity index (χ2n) is 4.47. The highest BCUT2D eigenvalue weighted by molar-refractivity contribution is 6.31. The van der Waals surface area contributed by atoms with Crippen LogP contribution in [0.25, 0.3) is 10.8 Å². The van der Waals surface area contributed by atoms with Gasteiger partial charge < -0.3 is 4.57 Å². The minimum absolute atomic E-state index is 0.114. The molecule has 1 aromatic carbocycles. The van der Waals surface area contributed by atoms with Crippen LogP contribution in [0.3, 0.4) is 0 Å². The summed E-state index contributed by atoms with van der Waals surface area (Å²) in [4.78, 5) is 11.9. The highest BCUT2D eigenvalue weighted by Crippen LogP contribution is 2.27. The zero-order valence-electron chi connectivity index (χ0n) is 9.92. The van der Waals surface area contributed by atoms with E-state index in [2.05, 4.69) is 0 Å². The molecule has 0 fully saturated rings. The maximum atomic E-state index is 13.8. The lowest BCUT2D eigenvalue weighted by Gasteiger charge is -2.12. The molecule has 0 aliphatic carbocycles. The Morgan fingerprint density at radius 3 is 2.59 bits per heavy atom. The lowest BCUT2D eigenvalue weighted by atomic mass is 9.98. The molecule has 0 bridgehead atoms. The first-order valence-corrected chi connectivity index (χ1v) is 5.78. The van der Waals surface area contributed by atoms with Gasteiger partial charge in [-0.15, -0.1) is 0 Å².